The van der Waals surface area contributed by atoms with Gasteiger partial charge >= 0.3 is 11.9 Å². The van der Waals surface area contributed by atoms with E-state index in [0.717, 1.165) is 43.9 Å². The maximum Gasteiger partial charge on any atom is 0.305 e. The minimum Gasteiger partial charge on any atom is -0.463 e. The van der Waals surface area contributed by atoms with E-state index in [0.29, 0.717) is 12.8 Å². The van der Waals surface area contributed by atoms with Crippen LogP contribution in [-0.4, -0.2) is 36.4 Å². The first-order valence-corrected chi connectivity index (χ1v) is 17.3. The van der Waals surface area contributed by atoms with Crippen molar-refractivity contribution in [3.63, 3.8) is 0 Å². The van der Waals surface area contributed by atoms with Crippen LogP contribution in [0.2, 0.25) is 0 Å². The summed E-state index contributed by atoms with van der Waals surface area (Å²) in [5.74, 6) is 1.08. The van der Waals surface area contributed by atoms with Gasteiger partial charge in [0.2, 0.25) is 0 Å². The molecule has 0 saturated carbocycles. The van der Waals surface area contributed by atoms with Crippen molar-refractivity contribution >= 4 is 11.9 Å². The van der Waals surface area contributed by atoms with Crippen molar-refractivity contribution in [2.45, 2.75) is 188 Å². The van der Waals surface area contributed by atoms with E-state index in [1.54, 1.807) is 0 Å². The molecule has 0 heterocycles. The maximum absolute atomic E-state index is 11.9. The molecule has 0 aliphatic rings. The molecule has 1 N–H and O–H groups in total. The number of hydrogen-bond donors (Lipinski definition) is 1. The van der Waals surface area contributed by atoms with Crippen LogP contribution in [0.1, 0.15) is 182 Å². The molecule has 5 heteroatoms. The van der Waals surface area contributed by atoms with Crippen LogP contribution >= 0.6 is 0 Å². The fourth-order valence-electron chi connectivity index (χ4n) is 5.04. The Kier molecular flexibility index (Phi) is 28.6. The van der Waals surface area contributed by atoms with Crippen molar-refractivity contribution in [3.05, 3.63) is 0 Å². The zero-order valence-electron chi connectivity index (χ0n) is 27.2. The van der Waals surface area contributed by atoms with E-state index in [1.807, 2.05) is 0 Å². The Morgan fingerprint density at radius 1 is 0.450 bits per heavy atom. The summed E-state index contributed by atoms with van der Waals surface area (Å²) in [6.45, 7) is 8.94. The van der Waals surface area contributed by atoms with Crippen LogP contribution in [0.15, 0.2) is 0 Å². The van der Waals surface area contributed by atoms with Gasteiger partial charge in [-0.1, -0.05) is 156 Å². The van der Waals surface area contributed by atoms with Gasteiger partial charge in [0.15, 0.2) is 0 Å². The van der Waals surface area contributed by atoms with E-state index in [-0.39, 0.29) is 25.2 Å². The second-order valence-corrected chi connectivity index (χ2v) is 13.0. The van der Waals surface area contributed by atoms with Gasteiger partial charge in [0.1, 0.15) is 19.3 Å². The fraction of sp³-hybridized carbons (Fsp3) is 0.943. The molecule has 0 spiro atoms. The van der Waals surface area contributed by atoms with Gasteiger partial charge < -0.3 is 14.6 Å². The van der Waals surface area contributed by atoms with Gasteiger partial charge in [-0.25, -0.2) is 0 Å². The number of hydrogen-bond acceptors (Lipinski definition) is 5. The number of unbranched alkanes of at least 4 members (excludes halogenated alkanes) is 18. The van der Waals surface area contributed by atoms with Gasteiger partial charge in [0.05, 0.1) is 0 Å². The zero-order valence-corrected chi connectivity index (χ0v) is 27.2. The highest BCUT2D eigenvalue weighted by molar-refractivity contribution is 5.69. The van der Waals surface area contributed by atoms with E-state index < -0.39 is 6.10 Å². The standard InChI is InChI=1S/C35H68O5/c1-31(2)25-21-17-13-10-8-6-5-7-9-11-15-19-23-27-34(37)39-29-33(36)30-40-35(38)28-24-20-16-12-14-18-22-26-32(3)4/h31-33,36H,5-30H2,1-4H3/t33-/m1/s1. The van der Waals surface area contributed by atoms with Crippen molar-refractivity contribution < 1.29 is 24.2 Å². The molecule has 0 rings (SSSR count). The normalized spacial score (nSPS) is 12.3. The third kappa shape index (κ3) is 31.4. The smallest absolute Gasteiger partial charge is 0.305 e. The topological polar surface area (TPSA) is 72.8 Å². The molecule has 0 bridgehead atoms. The third-order valence-electron chi connectivity index (χ3n) is 7.70. The molecule has 5 nitrogen and oxygen atoms in total. The monoisotopic (exact) mass is 569 g/mol. The number of aliphatic hydroxyl groups is 1. The largest absolute Gasteiger partial charge is 0.463 e. The van der Waals surface area contributed by atoms with Crippen molar-refractivity contribution in [2.75, 3.05) is 13.2 Å². The molecular weight excluding hydrogens is 500 g/mol. The van der Waals surface area contributed by atoms with Crippen LogP contribution in [0, 0.1) is 11.8 Å². The summed E-state index contributed by atoms with van der Waals surface area (Å²) < 4.78 is 10.3. The van der Waals surface area contributed by atoms with Gasteiger partial charge in [0, 0.05) is 12.8 Å². The molecule has 0 aromatic rings. The highest BCUT2D eigenvalue weighted by Gasteiger charge is 2.12. The summed E-state index contributed by atoms with van der Waals surface area (Å²) in [6.07, 6.45) is 27.3. The van der Waals surface area contributed by atoms with E-state index in [2.05, 4.69) is 27.7 Å². The van der Waals surface area contributed by atoms with Crippen LogP contribution in [0.5, 0.6) is 0 Å². The summed E-state index contributed by atoms with van der Waals surface area (Å²) in [7, 11) is 0. The van der Waals surface area contributed by atoms with Gasteiger partial charge in [-0.2, -0.15) is 0 Å². The number of rotatable bonds is 30. The van der Waals surface area contributed by atoms with E-state index in [4.69, 9.17) is 9.47 Å². The number of esters is 2. The Bertz CT molecular complexity index is 560. The summed E-state index contributed by atoms with van der Waals surface area (Å²) in [5, 5.41) is 9.95. The first-order chi connectivity index (χ1) is 19.3. The summed E-state index contributed by atoms with van der Waals surface area (Å²) in [5.41, 5.74) is 0. The Balaban J connectivity index is 3.40. The molecule has 0 saturated heterocycles. The highest BCUT2D eigenvalue weighted by atomic mass is 16.6. The Labute approximate surface area is 248 Å². The molecule has 1 atom stereocenters. The molecule has 0 radical (unpaired) electrons. The Morgan fingerprint density at radius 3 is 0.975 bits per heavy atom. The number of carbonyl (C=O) groups is 2. The lowest BCUT2D eigenvalue weighted by Gasteiger charge is -2.12. The maximum atomic E-state index is 11.9. The molecule has 0 aliphatic heterocycles. The molecule has 0 unspecified atom stereocenters. The van der Waals surface area contributed by atoms with Crippen LogP contribution < -0.4 is 0 Å². The molecule has 0 aliphatic carbocycles. The minimum absolute atomic E-state index is 0.110. The second-order valence-electron chi connectivity index (χ2n) is 13.0. The highest BCUT2D eigenvalue weighted by Crippen LogP contribution is 2.15. The number of aliphatic hydroxyl groups excluding tert-OH is 1. The van der Waals surface area contributed by atoms with Crippen molar-refractivity contribution in [2.24, 2.45) is 11.8 Å². The first-order valence-electron chi connectivity index (χ1n) is 17.3. The predicted molar refractivity (Wildman–Crippen MR) is 168 cm³/mol. The average Bonchev–Trinajstić information content (AvgIpc) is 2.91. The zero-order chi connectivity index (χ0) is 29.7. The van der Waals surface area contributed by atoms with Gasteiger partial charge in [0.25, 0.3) is 0 Å². The summed E-state index contributed by atoms with van der Waals surface area (Å²) >= 11 is 0. The fourth-order valence-corrected chi connectivity index (χ4v) is 5.04. The van der Waals surface area contributed by atoms with Crippen LogP contribution in [0.25, 0.3) is 0 Å². The van der Waals surface area contributed by atoms with E-state index in [1.165, 1.54) is 109 Å². The Morgan fingerprint density at radius 2 is 0.700 bits per heavy atom. The lowest BCUT2D eigenvalue weighted by molar-refractivity contribution is -0.152. The van der Waals surface area contributed by atoms with Crippen molar-refractivity contribution in [1.29, 1.82) is 0 Å². The van der Waals surface area contributed by atoms with E-state index >= 15 is 0 Å². The van der Waals surface area contributed by atoms with Crippen LogP contribution in [0.4, 0.5) is 0 Å². The SMILES string of the molecule is CC(C)CCCCCCCCCCCCCCCC(=O)OC[C@@H](O)COC(=O)CCCCCCCCCC(C)C. The van der Waals surface area contributed by atoms with Crippen molar-refractivity contribution in [3.8, 4) is 0 Å². The molecular formula is C35H68O5. The molecule has 0 aromatic heterocycles. The van der Waals surface area contributed by atoms with E-state index in [9.17, 15) is 14.7 Å². The third-order valence-corrected chi connectivity index (χ3v) is 7.70. The molecule has 0 aromatic carbocycles. The number of ether oxygens (including phenoxy) is 2. The molecule has 0 fully saturated rings. The first kappa shape index (κ1) is 38.9. The number of carbonyl (C=O) groups excluding carboxylic acids is 2. The summed E-state index contributed by atoms with van der Waals surface area (Å²) in [4.78, 5) is 23.8. The minimum atomic E-state index is -0.955. The Hall–Kier alpha value is -1.10. The second kappa shape index (κ2) is 29.4. The molecule has 0 amide bonds. The van der Waals surface area contributed by atoms with Gasteiger partial charge in [-0.3, -0.25) is 9.59 Å². The lowest BCUT2D eigenvalue weighted by Crippen LogP contribution is -2.25. The lowest BCUT2D eigenvalue weighted by atomic mass is 10.0. The predicted octanol–water partition coefficient (Wildman–Crippen LogP) is 10.1. The van der Waals surface area contributed by atoms with Gasteiger partial charge in [-0.05, 0) is 24.7 Å². The molecule has 238 valence electrons. The van der Waals surface area contributed by atoms with Crippen LogP contribution in [0.3, 0.4) is 0 Å². The average molecular weight is 569 g/mol. The summed E-state index contributed by atoms with van der Waals surface area (Å²) in [6, 6.07) is 0. The van der Waals surface area contributed by atoms with Crippen LogP contribution in [-0.2, 0) is 19.1 Å². The van der Waals surface area contributed by atoms with Crippen molar-refractivity contribution in [1.82, 2.24) is 0 Å². The van der Waals surface area contributed by atoms with Gasteiger partial charge in [-0.15, -0.1) is 0 Å². The molecule has 40 heavy (non-hydrogen) atoms. The quantitative estimate of drug-likeness (QED) is 0.0689.